The highest BCUT2D eigenvalue weighted by atomic mass is 28.3. The minimum atomic E-state index is -1.54. The average Bonchev–Trinajstić information content (AvgIpc) is 3.63. The molecular weight excluding hydrogens is 546 g/mol. The van der Waals surface area contributed by atoms with Crippen LogP contribution in [0.5, 0.6) is 11.5 Å². The van der Waals surface area contributed by atoms with Crippen LogP contribution in [0.3, 0.4) is 0 Å². The van der Waals surface area contributed by atoms with Gasteiger partial charge in [-0.3, -0.25) is 14.5 Å². The van der Waals surface area contributed by atoms with E-state index in [2.05, 4.69) is 42.9 Å². The zero-order valence-corrected chi connectivity index (χ0v) is 25.9. The third-order valence-electron chi connectivity index (χ3n) is 7.43. The maximum absolute atomic E-state index is 13.9. The second-order valence-corrected chi connectivity index (χ2v) is 17.6. The number of Topliss-reactive ketones (excluding diaryl/α,β-unsaturated/α-hetero) is 1. The van der Waals surface area contributed by atoms with Crippen LogP contribution in [-0.2, 0) is 19.9 Å². The highest BCUT2D eigenvalue weighted by Gasteiger charge is 2.82. The summed E-state index contributed by atoms with van der Waals surface area (Å²) < 4.78 is 17.9. The first-order valence-corrected chi connectivity index (χ1v) is 17.6. The number of fused-ring (bicyclic) bond motifs is 1. The number of carbonyl (C=O) groups is 3. The molecule has 0 bridgehead atoms. The number of amides is 1. The van der Waals surface area contributed by atoms with Crippen LogP contribution in [0, 0.1) is 28.7 Å². The fourth-order valence-corrected chi connectivity index (χ4v) is 5.96. The van der Waals surface area contributed by atoms with E-state index in [0.717, 1.165) is 0 Å². The van der Waals surface area contributed by atoms with Crippen LogP contribution in [0.15, 0.2) is 60.7 Å². The summed E-state index contributed by atoms with van der Waals surface area (Å²) in [6, 6.07) is 12.8. The molecule has 3 aliphatic rings. The normalized spacial score (nSPS) is 24.2. The molecule has 5 rings (SSSR count). The Morgan fingerprint density at radius 2 is 1.74 bits per heavy atom. The monoisotopic (exact) mass is 581 g/mol. The van der Waals surface area contributed by atoms with Crippen molar-refractivity contribution >= 4 is 31.6 Å². The molecular formula is C34H35NO6Si. The van der Waals surface area contributed by atoms with E-state index in [-0.39, 0.29) is 11.5 Å². The quantitative estimate of drug-likeness (QED) is 0.138. The van der Waals surface area contributed by atoms with Crippen molar-refractivity contribution in [1.82, 2.24) is 0 Å². The van der Waals surface area contributed by atoms with E-state index in [4.69, 9.17) is 14.2 Å². The standard InChI is InChI=1S/C34H35NO6Si/c1-32(2,3)30(37)39-25-19-20-26-27(23-25)35(31(38)40-24-15-10-9-11-16-24)28(17-12-7-8-13-22-42(4,5)6)33-21-14-18-29(36)34(26,33)41-33/h7-11,15-16,19-20,23,28H,14,18,21H2,1-6H3/b8-7-. The van der Waals surface area contributed by atoms with Crippen LogP contribution in [0.25, 0.3) is 0 Å². The highest BCUT2D eigenvalue weighted by Crippen LogP contribution is 2.69. The summed E-state index contributed by atoms with van der Waals surface area (Å²) in [6.07, 6.45) is 4.20. The van der Waals surface area contributed by atoms with Gasteiger partial charge in [0.05, 0.1) is 11.1 Å². The van der Waals surface area contributed by atoms with E-state index in [1.54, 1.807) is 75.4 Å². The number of ketones is 1. The van der Waals surface area contributed by atoms with Crippen LogP contribution in [0.4, 0.5) is 10.5 Å². The molecule has 0 radical (unpaired) electrons. The second-order valence-electron chi connectivity index (χ2n) is 12.9. The molecule has 0 aromatic heterocycles. The predicted molar refractivity (Wildman–Crippen MR) is 163 cm³/mol. The van der Waals surface area contributed by atoms with E-state index < -0.39 is 42.8 Å². The Morgan fingerprint density at radius 1 is 1.02 bits per heavy atom. The van der Waals surface area contributed by atoms with Crippen LogP contribution in [0.2, 0.25) is 19.6 Å². The molecule has 1 amide bonds. The van der Waals surface area contributed by atoms with Crippen LogP contribution < -0.4 is 14.4 Å². The summed E-state index contributed by atoms with van der Waals surface area (Å²) in [6.45, 7) is 11.8. The molecule has 216 valence electrons. The Bertz CT molecular complexity index is 1590. The number of hydrogen-bond donors (Lipinski definition) is 0. The molecule has 2 fully saturated rings. The lowest BCUT2D eigenvalue weighted by atomic mass is 9.68. The lowest BCUT2D eigenvalue weighted by molar-refractivity contribution is -0.143. The fraction of sp³-hybridized carbons (Fsp3) is 0.382. The maximum atomic E-state index is 13.9. The molecule has 0 spiro atoms. The van der Waals surface area contributed by atoms with Crippen molar-refractivity contribution in [1.29, 1.82) is 0 Å². The summed E-state index contributed by atoms with van der Waals surface area (Å²) in [5.74, 6) is 9.43. The van der Waals surface area contributed by atoms with Gasteiger partial charge in [0.2, 0.25) is 0 Å². The van der Waals surface area contributed by atoms with Gasteiger partial charge >= 0.3 is 12.1 Å². The molecule has 2 aromatic rings. The van der Waals surface area contributed by atoms with Gasteiger partial charge in [0.25, 0.3) is 0 Å². The molecule has 2 aliphatic heterocycles. The number of epoxide rings is 1. The molecule has 7 nitrogen and oxygen atoms in total. The molecule has 8 heteroatoms. The van der Waals surface area contributed by atoms with E-state index in [1.807, 2.05) is 6.07 Å². The average molecular weight is 582 g/mol. The van der Waals surface area contributed by atoms with Gasteiger partial charge in [-0.2, -0.15) is 0 Å². The number of para-hydroxylation sites is 1. The van der Waals surface area contributed by atoms with Crippen LogP contribution in [0.1, 0.15) is 45.6 Å². The SMILES string of the molecule is CC(C)(C)C(=O)Oc1ccc2c(c1)N(C(=O)Oc1ccccc1)C(C#C/C=C\C#C[Si](C)(C)C)C13CCCC(=O)C21O3. The number of rotatable bonds is 2. The van der Waals surface area contributed by atoms with Gasteiger partial charge < -0.3 is 14.2 Å². The van der Waals surface area contributed by atoms with Crippen molar-refractivity contribution in [3.63, 3.8) is 0 Å². The summed E-state index contributed by atoms with van der Waals surface area (Å²) in [7, 11) is -1.54. The van der Waals surface area contributed by atoms with Crippen LogP contribution >= 0.6 is 0 Å². The van der Waals surface area contributed by atoms with Crippen molar-refractivity contribution < 1.29 is 28.6 Å². The zero-order chi connectivity index (χ0) is 30.3. The van der Waals surface area contributed by atoms with Gasteiger partial charge in [0.1, 0.15) is 31.2 Å². The Kier molecular flexibility index (Phi) is 7.43. The van der Waals surface area contributed by atoms with E-state index in [9.17, 15) is 14.4 Å². The minimum Gasteiger partial charge on any atom is -0.426 e. The summed E-state index contributed by atoms with van der Waals surface area (Å²) >= 11 is 0. The highest BCUT2D eigenvalue weighted by molar-refractivity contribution is 6.83. The first-order chi connectivity index (χ1) is 19.8. The van der Waals surface area contributed by atoms with Gasteiger partial charge in [-0.15, -0.1) is 5.54 Å². The maximum Gasteiger partial charge on any atom is 0.420 e. The van der Waals surface area contributed by atoms with E-state index in [1.165, 1.54) is 4.90 Å². The van der Waals surface area contributed by atoms with Crippen molar-refractivity contribution in [3.05, 3.63) is 66.2 Å². The molecule has 42 heavy (non-hydrogen) atoms. The first-order valence-electron chi connectivity index (χ1n) is 14.1. The number of hydrogen-bond acceptors (Lipinski definition) is 6. The van der Waals surface area contributed by atoms with E-state index in [0.29, 0.717) is 36.3 Å². The Hall–Kier alpha value is -4.11. The molecule has 0 N–H and O–H groups in total. The number of allylic oxidation sites excluding steroid dienone is 2. The summed E-state index contributed by atoms with van der Waals surface area (Å²) in [5, 5.41) is 0. The topological polar surface area (TPSA) is 85.4 Å². The molecule has 1 aliphatic carbocycles. The van der Waals surface area contributed by atoms with Gasteiger partial charge in [0.15, 0.2) is 11.4 Å². The van der Waals surface area contributed by atoms with Crippen molar-refractivity contribution in [2.75, 3.05) is 4.90 Å². The largest absolute Gasteiger partial charge is 0.426 e. The minimum absolute atomic E-state index is 0.0474. The fourth-order valence-electron chi connectivity index (χ4n) is 5.45. The number of esters is 1. The van der Waals surface area contributed by atoms with Gasteiger partial charge in [0, 0.05) is 18.1 Å². The number of carbonyl (C=O) groups excluding carboxylic acids is 3. The van der Waals surface area contributed by atoms with Gasteiger partial charge in [-0.1, -0.05) is 55.6 Å². The predicted octanol–water partition coefficient (Wildman–Crippen LogP) is 6.18. The molecule has 1 saturated heterocycles. The van der Waals surface area contributed by atoms with E-state index >= 15 is 0 Å². The molecule has 3 unspecified atom stereocenters. The Morgan fingerprint density at radius 3 is 2.43 bits per heavy atom. The van der Waals surface area contributed by atoms with Crippen molar-refractivity contribution in [2.24, 2.45) is 5.41 Å². The van der Waals surface area contributed by atoms with Gasteiger partial charge in [-0.25, -0.2) is 4.79 Å². The van der Waals surface area contributed by atoms with Crippen LogP contribution in [-0.4, -0.2) is 37.6 Å². The van der Waals surface area contributed by atoms with Gasteiger partial charge in [-0.05, 0) is 70.0 Å². The van der Waals surface area contributed by atoms with Crippen molar-refractivity contribution in [2.45, 2.75) is 76.9 Å². The summed E-state index contributed by atoms with van der Waals surface area (Å²) in [5.41, 5.74) is 1.19. The third kappa shape index (κ3) is 5.29. The Labute approximate surface area is 248 Å². The molecule has 1 saturated carbocycles. The zero-order valence-electron chi connectivity index (χ0n) is 24.9. The third-order valence-corrected chi connectivity index (χ3v) is 8.32. The number of nitrogens with zero attached hydrogens (tertiary/aromatic N) is 1. The number of ether oxygens (including phenoxy) is 3. The second kappa shape index (κ2) is 10.6. The number of anilines is 1. The smallest absolute Gasteiger partial charge is 0.420 e. The number of benzene rings is 2. The van der Waals surface area contributed by atoms with Crippen molar-refractivity contribution in [3.8, 4) is 34.8 Å². The molecule has 2 heterocycles. The first kappa shape index (κ1) is 29.4. The molecule has 3 atom stereocenters. The lowest BCUT2D eigenvalue weighted by Crippen LogP contribution is -2.58. The summed E-state index contributed by atoms with van der Waals surface area (Å²) in [4.78, 5) is 41.6. The lowest BCUT2D eigenvalue weighted by Gasteiger charge is -2.40. The Balaban J connectivity index is 1.63. The molecule has 2 aromatic carbocycles.